The summed E-state index contributed by atoms with van der Waals surface area (Å²) in [5, 5.41) is 0.751. The summed E-state index contributed by atoms with van der Waals surface area (Å²) in [6.07, 6.45) is 7.93. The maximum absolute atomic E-state index is 12.9. The first-order valence-corrected chi connectivity index (χ1v) is 11.2. The van der Waals surface area contributed by atoms with Crippen LogP contribution in [0.1, 0.15) is 51.8 Å². The molecule has 0 saturated carbocycles. The van der Waals surface area contributed by atoms with Crippen LogP contribution in [0.2, 0.25) is 5.02 Å². The number of imidazole rings is 1. The standard InChI is InChI=1S/C25H24ClN5O/c1-17-13-19(14-18-3-5-21(26)6-4-18)15-22(28-17)20-7-11-30(12-8-20)24(32)23-16-31-10-2-9-27-25(31)29-23/h2-6,9-10,13,15-16,20H,7-8,11-12,14H2,1H3. The molecule has 0 N–H and O–H groups in total. The third-order valence-electron chi connectivity index (χ3n) is 6.01. The van der Waals surface area contributed by atoms with E-state index >= 15 is 0 Å². The molecule has 6 nitrogen and oxygen atoms in total. The topological polar surface area (TPSA) is 63.4 Å². The molecule has 0 spiro atoms. The third kappa shape index (κ3) is 4.36. The highest BCUT2D eigenvalue weighted by Gasteiger charge is 2.27. The first-order valence-electron chi connectivity index (χ1n) is 10.9. The number of hydrogen-bond donors (Lipinski definition) is 0. The van der Waals surface area contributed by atoms with Gasteiger partial charge in [0.15, 0.2) is 0 Å². The van der Waals surface area contributed by atoms with E-state index in [0.717, 1.165) is 35.7 Å². The number of pyridine rings is 1. The van der Waals surface area contributed by atoms with E-state index in [9.17, 15) is 4.79 Å². The Labute approximate surface area is 191 Å². The average Bonchev–Trinajstić information content (AvgIpc) is 3.24. The van der Waals surface area contributed by atoms with Gasteiger partial charge in [-0.15, -0.1) is 0 Å². The molecule has 1 aliphatic heterocycles. The SMILES string of the molecule is Cc1cc(Cc2ccc(Cl)cc2)cc(C2CCN(C(=O)c3cn4cccnc4n3)CC2)n1. The van der Waals surface area contributed by atoms with Crippen LogP contribution in [-0.4, -0.2) is 43.2 Å². The van der Waals surface area contributed by atoms with Crippen molar-refractivity contribution in [1.82, 2.24) is 24.3 Å². The maximum Gasteiger partial charge on any atom is 0.274 e. The zero-order valence-corrected chi connectivity index (χ0v) is 18.7. The molecule has 0 bridgehead atoms. The van der Waals surface area contributed by atoms with E-state index in [1.807, 2.05) is 36.2 Å². The Hall–Kier alpha value is -3.25. The molecule has 3 aromatic heterocycles. The molecular formula is C25H24ClN5O. The first-order chi connectivity index (χ1) is 15.5. The second kappa shape index (κ2) is 8.71. The van der Waals surface area contributed by atoms with Crippen molar-refractivity contribution in [3.05, 3.63) is 94.3 Å². The molecule has 32 heavy (non-hydrogen) atoms. The lowest BCUT2D eigenvalue weighted by Crippen LogP contribution is -2.38. The summed E-state index contributed by atoms with van der Waals surface area (Å²) in [6, 6.07) is 14.2. The minimum Gasteiger partial charge on any atom is -0.337 e. The van der Waals surface area contributed by atoms with Crippen molar-refractivity contribution in [1.29, 1.82) is 0 Å². The minimum atomic E-state index is -0.0328. The summed E-state index contributed by atoms with van der Waals surface area (Å²) in [5.74, 6) is 0.864. The van der Waals surface area contributed by atoms with Gasteiger partial charge >= 0.3 is 0 Å². The van der Waals surface area contributed by atoms with Crippen molar-refractivity contribution in [2.24, 2.45) is 0 Å². The molecule has 1 amide bonds. The van der Waals surface area contributed by atoms with Crippen LogP contribution in [-0.2, 0) is 6.42 Å². The van der Waals surface area contributed by atoms with Crippen LogP contribution in [0.3, 0.4) is 0 Å². The number of fused-ring (bicyclic) bond motifs is 1. The summed E-state index contributed by atoms with van der Waals surface area (Å²) in [4.78, 5) is 28.2. The molecule has 1 saturated heterocycles. The Balaban J connectivity index is 1.27. The second-order valence-corrected chi connectivity index (χ2v) is 8.80. The average molecular weight is 446 g/mol. The van der Waals surface area contributed by atoms with Gasteiger partial charge < -0.3 is 4.90 Å². The van der Waals surface area contributed by atoms with Crippen LogP contribution in [0.5, 0.6) is 0 Å². The number of likely N-dealkylation sites (tertiary alicyclic amines) is 1. The number of aryl methyl sites for hydroxylation is 1. The van der Waals surface area contributed by atoms with Crippen molar-refractivity contribution in [2.75, 3.05) is 13.1 Å². The Bertz CT molecular complexity index is 1230. The highest BCUT2D eigenvalue weighted by Crippen LogP contribution is 2.29. The highest BCUT2D eigenvalue weighted by atomic mass is 35.5. The van der Waals surface area contributed by atoms with Gasteiger partial charge in [-0.2, -0.15) is 0 Å². The largest absolute Gasteiger partial charge is 0.337 e. The molecular weight excluding hydrogens is 422 g/mol. The van der Waals surface area contributed by atoms with Gasteiger partial charge in [0, 0.05) is 54.0 Å². The lowest BCUT2D eigenvalue weighted by atomic mass is 9.91. The van der Waals surface area contributed by atoms with E-state index < -0.39 is 0 Å². The lowest BCUT2D eigenvalue weighted by Gasteiger charge is -2.31. The molecule has 5 rings (SSSR count). The Morgan fingerprint density at radius 2 is 1.88 bits per heavy atom. The molecule has 0 atom stereocenters. The minimum absolute atomic E-state index is 0.0328. The predicted octanol–water partition coefficient (Wildman–Crippen LogP) is 4.70. The molecule has 0 radical (unpaired) electrons. The molecule has 1 aromatic carbocycles. The van der Waals surface area contributed by atoms with Crippen molar-refractivity contribution in [3.8, 4) is 0 Å². The van der Waals surface area contributed by atoms with E-state index in [1.54, 1.807) is 16.8 Å². The van der Waals surface area contributed by atoms with Gasteiger partial charge in [-0.25, -0.2) is 9.97 Å². The van der Waals surface area contributed by atoms with Crippen molar-refractivity contribution >= 4 is 23.3 Å². The number of nitrogens with zero attached hydrogens (tertiary/aromatic N) is 5. The van der Waals surface area contributed by atoms with E-state index in [0.29, 0.717) is 30.5 Å². The number of piperidine rings is 1. The zero-order chi connectivity index (χ0) is 22.1. The summed E-state index contributed by atoms with van der Waals surface area (Å²) < 4.78 is 1.78. The number of amides is 1. The van der Waals surface area contributed by atoms with Crippen LogP contribution in [0.4, 0.5) is 0 Å². The Morgan fingerprint density at radius 3 is 2.62 bits per heavy atom. The predicted molar refractivity (Wildman–Crippen MR) is 124 cm³/mol. The van der Waals surface area contributed by atoms with Gasteiger partial charge in [0.1, 0.15) is 5.69 Å². The number of halogens is 1. The molecule has 162 valence electrons. The van der Waals surface area contributed by atoms with E-state index in [-0.39, 0.29) is 5.91 Å². The van der Waals surface area contributed by atoms with Gasteiger partial charge in [0.05, 0.1) is 0 Å². The number of carbonyl (C=O) groups is 1. The van der Waals surface area contributed by atoms with Crippen molar-refractivity contribution < 1.29 is 4.79 Å². The highest BCUT2D eigenvalue weighted by molar-refractivity contribution is 6.30. The number of hydrogen-bond acceptors (Lipinski definition) is 4. The molecule has 4 aromatic rings. The monoisotopic (exact) mass is 445 g/mol. The summed E-state index contributed by atoms with van der Waals surface area (Å²) in [5.41, 5.74) is 5.08. The van der Waals surface area contributed by atoms with Gasteiger partial charge in [-0.3, -0.25) is 14.2 Å². The van der Waals surface area contributed by atoms with Crippen LogP contribution < -0.4 is 0 Å². The maximum atomic E-state index is 12.9. The first kappa shape index (κ1) is 20.6. The number of aromatic nitrogens is 4. The molecule has 4 heterocycles. The molecule has 0 unspecified atom stereocenters. The quantitative estimate of drug-likeness (QED) is 0.457. The van der Waals surface area contributed by atoms with Crippen LogP contribution in [0.25, 0.3) is 5.78 Å². The van der Waals surface area contributed by atoms with Crippen molar-refractivity contribution in [3.63, 3.8) is 0 Å². The lowest BCUT2D eigenvalue weighted by molar-refractivity contribution is 0.0706. The smallest absolute Gasteiger partial charge is 0.274 e. The normalized spacial score (nSPS) is 14.8. The summed E-state index contributed by atoms with van der Waals surface area (Å²) in [7, 11) is 0. The summed E-state index contributed by atoms with van der Waals surface area (Å²) in [6.45, 7) is 3.45. The van der Waals surface area contributed by atoms with Crippen LogP contribution >= 0.6 is 11.6 Å². The fourth-order valence-electron chi connectivity index (χ4n) is 4.39. The van der Waals surface area contributed by atoms with Crippen LogP contribution in [0.15, 0.2) is 61.1 Å². The summed E-state index contributed by atoms with van der Waals surface area (Å²) >= 11 is 6.01. The van der Waals surface area contributed by atoms with Crippen LogP contribution in [0, 0.1) is 6.92 Å². The molecule has 1 fully saturated rings. The molecule has 7 heteroatoms. The fourth-order valence-corrected chi connectivity index (χ4v) is 4.52. The van der Waals surface area contributed by atoms with E-state index in [1.165, 1.54) is 11.1 Å². The number of rotatable bonds is 4. The third-order valence-corrected chi connectivity index (χ3v) is 6.26. The number of carbonyl (C=O) groups excluding carboxylic acids is 1. The Morgan fingerprint density at radius 1 is 1.09 bits per heavy atom. The molecule has 0 aliphatic carbocycles. The van der Waals surface area contributed by atoms with Gasteiger partial charge in [0.2, 0.25) is 5.78 Å². The fraction of sp³-hybridized carbons (Fsp3) is 0.280. The van der Waals surface area contributed by atoms with Gasteiger partial charge in [-0.05, 0) is 67.6 Å². The second-order valence-electron chi connectivity index (χ2n) is 8.36. The Kier molecular flexibility index (Phi) is 5.62. The van der Waals surface area contributed by atoms with E-state index in [2.05, 4.69) is 34.2 Å². The van der Waals surface area contributed by atoms with E-state index in [4.69, 9.17) is 16.6 Å². The number of benzene rings is 1. The zero-order valence-electron chi connectivity index (χ0n) is 17.9. The van der Waals surface area contributed by atoms with Gasteiger partial charge in [-0.1, -0.05) is 23.7 Å². The molecule has 1 aliphatic rings. The van der Waals surface area contributed by atoms with Gasteiger partial charge in [0.25, 0.3) is 5.91 Å². The van der Waals surface area contributed by atoms with Crippen molar-refractivity contribution in [2.45, 2.75) is 32.1 Å².